The molecule has 1 aliphatic rings. The Bertz CT molecular complexity index is 234. The second kappa shape index (κ2) is 3.65. The van der Waals surface area contributed by atoms with Crippen molar-refractivity contribution in [1.82, 2.24) is 5.32 Å². The maximum atomic E-state index is 11.2. The van der Waals surface area contributed by atoms with Crippen LogP contribution in [0.3, 0.4) is 0 Å². The molecule has 82 valence electrons. The Morgan fingerprint density at radius 3 is 2.36 bits per heavy atom. The normalized spacial score (nSPS) is 36.8. The smallest absolute Gasteiger partial charge is 0.131 e. The van der Waals surface area contributed by atoms with E-state index in [2.05, 4.69) is 33.0 Å². The van der Waals surface area contributed by atoms with Crippen LogP contribution in [0.15, 0.2) is 0 Å². The zero-order chi connectivity index (χ0) is 11.0. The van der Waals surface area contributed by atoms with Crippen molar-refractivity contribution < 1.29 is 4.79 Å². The van der Waals surface area contributed by atoms with E-state index in [0.29, 0.717) is 12.3 Å². The summed E-state index contributed by atoms with van der Waals surface area (Å²) in [4.78, 5) is 11.2. The van der Waals surface area contributed by atoms with Crippen molar-refractivity contribution in [1.29, 1.82) is 0 Å². The van der Waals surface area contributed by atoms with Crippen LogP contribution in [0.5, 0.6) is 0 Å². The number of ketones is 1. The van der Waals surface area contributed by atoms with Gasteiger partial charge in [0.05, 0.1) is 0 Å². The zero-order valence-corrected chi connectivity index (χ0v) is 10.1. The molecule has 0 saturated carbocycles. The largest absolute Gasteiger partial charge is 0.306 e. The number of carbonyl (C=O) groups excluding carboxylic acids is 1. The molecule has 0 aromatic rings. The molecule has 0 bridgehead atoms. The van der Waals surface area contributed by atoms with E-state index in [-0.39, 0.29) is 16.9 Å². The molecule has 2 atom stereocenters. The first-order chi connectivity index (χ1) is 6.22. The van der Waals surface area contributed by atoms with Crippen LogP contribution in [0, 0.1) is 5.92 Å². The predicted molar refractivity (Wildman–Crippen MR) is 59.3 cm³/mol. The van der Waals surface area contributed by atoms with Crippen LogP contribution in [0.1, 0.15) is 53.9 Å². The highest BCUT2D eigenvalue weighted by molar-refractivity contribution is 5.76. The van der Waals surface area contributed by atoms with Gasteiger partial charge in [0.1, 0.15) is 5.78 Å². The van der Waals surface area contributed by atoms with Gasteiger partial charge in [-0.15, -0.1) is 0 Å². The van der Waals surface area contributed by atoms with Crippen LogP contribution in [0.25, 0.3) is 0 Å². The quantitative estimate of drug-likeness (QED) is 0.737. The van der Waals surface area contributed by atoms with Gasteiger partial charge in [0, 0.05) is 17.5 Å². The Morgan fingerprint density at radius 1 is 1.36 bits per heavy atom. The summed E-state index contributed by atoms with van der Waals surface area (Å²) in [6.07, 6.45) is 2.96. The number of Topliss-reactive ketones (excluding diaryl/α,β-unsaturated/α-hetero) is 1. The first-order valence-electron chi connectivity index (χ1n) is 5.51. The van der Waals surface area contributed by atoms with Crippen molar-refractivity contribution in [3.63, 3.8) is 0 Å². The second-order valence-electron chi connectivity index (χ2n) is 5.96. The minimum Gasteiger partial charge on any atom is -0.306 e. The summed E-state index contributed by atoms with van der Waals surface area (Å²) in [5, 5.41) is 3.61. The highest BCUT2D eigenvalue weighted by Gasteiger charge is 2.39. The second-order valence-corrected chi connectivity index (χ2v) is 5.96. The molecule has 1 aliphatic heterocycles. The van der Waals surface area contributed by atoms with Crippen molar-refractivity contribution in [2.24, 2.45) is 5.92 Å². The molecule has 1 saturated heterocycles. The molecular formula is C12H23NO. The van der Waals surface area contributed by atoms with Crippen LogP contribution < -0.4 is 5.32 Å². The topological polar surface area (TPSA) is 29.1 Å². The van der Waals surface area contributed by atoms with Crippen LogP contribution >= 0.6 is 0 Å². The fourth-order valence-electron chi connectivity index (χ4n) is 3.30. The average molecular weight is 197 g/mol. The van der Waals surface area contributed by atoms with Gasteiger partial charge >= 0.3 is 0 Å². The van der Waals surface area contributed by atoms with Gasteiger partial charge in [0.25, 0.3) is 0 Å². The molecule has 0 radical (unpaired) electrons. The third-order valence-corrected chi connectivity index (χ3v) is 2.94. The molecular weight excluding hydrogens is 174 g/mol. The Balaban J connectivity index is 2.73. The molecule has 2 nitrogen and oxygen atoms in total. The first-order valence-corrected chi connectivity index (χ1v) is 5.51. The molecule has 2 unspecified atom stereocenters. The van der Waals surface area contributed by atoms with Gasteiger partial charge in [0.15, 0.2) is 0 Å². The molecule has 0 spiro atoms. The maximum absolute atomic E-state index is 11.2. The number of carbonyl (C=O) groups is 1. The number of rotatable bonds is 2. The lowest BCUT2D eigenvalue weighted by molar-refractivity contribution is -0.119. The van der Waals surface area contributed by atoms with Crippen molar-refractivity contribution in [2.75, 3.05) is 0 Å². The maximum Gasteiger partial charge on any atom is 0.131 e. The van der Waals surface area contributed by atoms with Crippen LogP contribution in [0.2, 0.25) is 0 Å². The fraction of sp³-hybridized carbons (Fsp3) is 0.917. The minimum atomic E-state index is 0.00694. The van der Waals surface area contributed by atoms with Gasteiger partial charge in [-0.05, 0) is 46.5 Å². The van der Waals surface area contributed by atoms with E-state index in [0.717, 1.165) is 6.42 Å². The number of nitrogens with one attached hydrogen (secondary N) is 1. The molecule has 1 heterocycles. The number of piperidine rings is 1. The molecule has 1 rings (SSSR count). The Labute approximate surface area is 87.5 Å². The molecule has 2 heteroatoms. The summed E-state index contributed by atoms with van der Waals surface area (Å²) in [5.74, 6) is 0.987. The fourth-order valence-corrected chi connectivity index (χ4v) is 3.30. The SMILES string of the molecule is CC(=O)CC1(C)CC(C)CC(C)(C)N1. The third-order valence-electron chi connectivity index (χ3n) is 2.94. The van der Waals surface area contributed by atoms with Crippen molar-refractivity contribution in [2.45, 2.75) is 65.0 Å². The van der Waals surface area contributed by atoms with Crippen LogP contribution in [-0.4, -0.2) is 16.9 Å². The first kappa shape index (κ1) is 11.7. The van der Waals surface area contributed by atoms with E-state index >= 15 is 0 Å². The predicted octanol–water partition coefficient (Wildman–Crippen LogP) is 2.52. The van der Waals surface area contributed by atoms with Gasteiger partial charge in [-0.2, -0.15) is 0 Å². The van der Waals surface area contributed by atoms with E-state index in [9.17, 15) is 4.79 Å². The van der Waals surface area contributed by atoms with E-state index < -0.39 is 0 Å². The van der Waals surface area contributed by atoms with Gasteiger partial charge in [-0.25, -0.2) is 0 Å². The summed E-state index contributed by atoms with van der Waals surface area (Å²) in [7, 11) is 0. The number of hydrogen-bond acceptors (Lipinski definition) is 2. The lowest BCUT2D eigenvalue weighted by Gasteiger charge is -2.47. The monoisotopic (exact) mass is 197 g/mol. The van der Waals surface area contributed by atoms with Crippen molar-refractivity contribution in [3.05, 3.63) is 0 Å². The van der Waals surface area contributed by atoms with E-state index in [1.807, 2.05) is 0 Å². The van der Waals surface area contributed by atoms with Crippen LogP contribution in [-0.2, 0) is 4.79 Å². The number of hydrogen-bond donors (Lipinski definition) is 1. The summed E-state index contributed by atoms with van der Waals surface area (Å²) in [6, 6.07) is 0. The minimum absolute atomic E-state index is 0.00694. The van der Waals surface area contributed by atoms with Crippen LogP contribution in [0.4, 0.5) is 0 Å². The molecule has 0 aromatic carbocycles. The van der Waals surface area contributed by atoms with Gasteiger partial charge in [-0.3, -0.25) is 4.79 Å². The molecule has 1 N–H and O–H groups in total. The summed E-state index contributed by atoms with van der Waals surface area (Å²) in [6.45, 7) is 10.6. The van der Waals surface area contributed by atoms with E-state index in [1.165, 1.54) is 6.42 Å². The lowest BCUT2D eigenvalue weighted by atomic mass is 9.74. The highest BCUT2D eigenvalue weighted by atomic mass is 16.1. The van der Waals surface area contributed by atoms with Crippen molar-refractivity contribution >= 4 is 5.78 Å². The Hall–Kier alpha value is -0.370. The molecule has 14 heavy (non-hydrogen) atoms. The van der Waals surface area contributed by atoms with Gasteiger partial charge in [0.2, 0.25) is 0 Å². The molecule has 1 fully saturated rings. The Kier molecular flexibility index (Phi) is 3.05. The standard InChI is InChI=1S/C12H23NO/c1-9-6-11(3,4)13-12(5,7-9)8-10(2)14/h9,13H,6-8H2,1-5H3. The third kappa shape index (κ3) is 3.09. The zero-order valence-electron chi connectivity index (χ0n) is 10.1. The average Bonchev–Trinajstić information content (AvgIpc) is 1.74. The summed E-state index contributed by atoms with van der Waals surface area (Å²) in [5.41, 5.74) is 0.175. The lowest BCUT2D eigenvalue weighted by Crippen LogP contribution is -2.59. The summed E-state index contributed by atoms with van der Waals surface area (Å²) >= 11 is 0. The van der Waals surface area contributed by atoms with Gasteiger partial charge in [-0.1, -0.05) is 6.92 Å². The highest BCUT2D eigenvalue weighted by Crippen LogP contribution is 2.34. The molecule has 0 amide bonds. The van der Waals surface area contributed by atoms with Gasteiger partial charge < -0.3 is 5.32 Å². The van der Waals surface area contributed by atoms with Crippen molar-refractivity contribution in [3.8, 4) is 0 Å². The van der Waals surface area contributed by atoms with E-state index in [4.69, 9.17) is 0 Å². The molecule has 0 aliphatic carbocycles. The summed E-state index contributed by atoms with van der Waals surface area (Å²) < 4.78 is 0. The molecule has 0 aromatic heterocycles. The Morgan fingerprint density at radius 2 is 1.93 bits per heavy atom. The van der Waals surface area contributed by atoms with E-state index in [1.54, 1.807) is 6.92 Å².